The van der Waals surface area contributed by atoms with Gasteiger partial charge in [-0.05, 0) is 26.0 Å². The number of imidazole rings is 1. The molecule has 0 fully saturated rings. The van der Waals surface area contributed by atoms with Crippen molar-refractivity contribution in [3.05, 3.63) is 29.0 Å². The van der Waals surface area contributed by atoms with Gasteiger partial charge in [0.15, 0.2) is 0 Å². The average Bonchev–Trinajstić information content (AvgIpc) is 2.69. The van der Waals surface area contributed by atoms with Gasteiger partial charge in [0.05, 0.1) is 28.2 Å². The topological polar surface area (TPSA) is 27.1 Å². The van der Waals surface area contributed by atoms with Crippen LogP contribution in [0, 0.1) is 0 Å². The van der Waals surface area contributed by atoms with Gasteiger partial charge in [0.25, 0.3) is 0 Å². The van der Waals surface area contributed by atoms with E-state index in [0.29, 0.717) is 23.9 Å². The Hall–Kier alpha value is -0.770. The van der Waals surface area contributed by atoms with Gasteiger partial charge in [-0.1, -0.05) is 17.7 Å². The maximum absolute atomic E-state index is 6.31. The number of para-hydroxylation sites is 1. The smallest absolute Gasteiger partial charge is 0.111 e. The molecule has 5 heteroatoms. The molecule has 0 atom stereocenters. The number of hydrogen-bond acceptors (Lipinski definition) is 2. The van der Waals surface area contributed by atoms with Gasteiger partial charge in [0, 0.05) is 19.4 Å². The molecule has 1 heterocycles. The Morgan fingerprint density at radius 3 is 2.74 bits per heavy atom. The molecule has 1 aromatic carbocycles. The van der Waals surface area contributed by atoms with Crippen molar-refractivity contribution in [1.29, 1.82) is 0 Å². The molecule has 0 spiro atoms. The largest absolute Gasteiger partial charge is 0.377 e. The number of ether oxygens (including phenoxy) is 1. The van der Waals surface area contributed by atoms with Crippen LogP contribution in [0.3, 0.4) is 0 Å². The molecule has 2 aromatic rings. The summed E-state index contributed by atoms with van der Waals surface area (Å²) in [6.45, 7) is 4.77. The number of aryl methyl sites for hydroxylation is 1. The number of methoxy groups -OCH3 is 1. The fraction of sp³-hybridized carbons (Fsp3) is 0.500. The standard InChI is InChI=1S/C14H18Cl2N2O/c1-14(2,19-3)9-18-12(7-8-15)17-11-6-4-5-10(16)13(11)18/h4-6H,7-9H2,1-3H3. The van der Waals surface area contributed by atoms with Crippen LogP contribution in [0.25, 0.3) is 11.0 Å². The fourth-order valence-corrected chi connectivity index (χ4v) is 2.52. The van der Waals surface area contributed by atoms with Crippen molar-refractivity contribution in [2.24, 2.45) is 0 Å². The minimum absolute atomic E-state index is 0.284. The van der Waals surface area contributed by atoms with Gasteiger partial charge < -0.3 is 9.30 Å². The zero-order chi connectivity index (χ0) is 14.0. The molecule has 0 radical (unpaired) electrons. The lowest BCUT2D eigenvalue weighted by molar-refractivity contribution is 0.00847. The number of nitrogens with zero attached hydrogens (tertiary/aromatic N) is 2. The van der Waals surface area contributed by atoms with Crippen LogP contribution < -0.4 is 0 Å². The minimum atomic E-state index is -0.284. The number of fused-ring (bicyclic) bond motifs is 1. The van der Waals surface area contributed by atoms with Gasteiger partial charge in [-0.25, -0.2) is 4.98 Å². The molecule has 0 aliphatic rings. The highest BCUT2D eigenvalue weighted by Gasteiger charge is 2.22. The first-order valence-electron chi connectivity index (χ1n) is 6.23. The first-order chi connectivity index (χ1) is 8.98. The van der Waals surface area contributed by atoms with E-state index in [4.69, 9.17) is 27.9 Å². The summed E-state index contributed by atoms with van der Waals surface area (Å²) < 4.78 is 7.62. The number of rotatable bonds is 5. The van der Waals surface area contributed by atoms with E-state index in [-0.39, 0.29) is 5.60 Å². The van der Waals surface area contributed by atoms with E-state index in [2.05, 4.69) is 9.55 Å². The molecule has 0 aliphatic heterocycles. The van der Waals surface area contributed by atoms with Crippen LogP contribution >= 0.6 is 23.2 Å². The number of aromatic nitrogens is 2. The van der Waals surface area contributed by atoms with Crippen molar-refractivity contribution in [3.8, 4) is 0 Å². The summed E-state index contributed by atoms with van der Waals surface area (Å²) in [6.07, 6.45) is 0.715. The van der Waals surface area contributed by atoms with Crippen molar-refractivity contribution in [2.75, 3.05) is 13.0 Å². The van der Waals surface area contributed by atoms with Crippen molar-refractivity contribution in [1.82, 2.24) is 9.55 Å². The third kappa shape index (κ3) is 3.04. The van der Waals surface area contributed by atoms with Crippen molar-refractivity contribution >= 4 is 34.2 Å². The van der Waals surface area contributed by atoms with Gasteiger partial charge in [0.1, 0.15) is 5.82 Å². The molecule has 0 aliphatic carbocycles. The Morgan fingerprint density at radius 1 is 1.37 bits per heavy atom. The van der Waals surface area contributed by atoms with Crippen LogP contribution in [0.5, 0.6) is 0 Å². The van der Waals surface area contributed by atoms with Gasteiger partial charge in [0.2, 0.25) is 0 Å². The summed E-state index contributed by atoms with van der Waals surface area (Å²) in [5.41, 5.74) is 1.57. The molecule has 0 amide bonds. The van der Waals surface area contributed by atoms with Gasteiger partial charge in [-0.15, -0.1) is 11.6 Å². The summed E-state index contributed by atoms with van der Waals surface area (Å²) in [6, 6.07) is 5.76. The van der Waals surface area contributed by atoms with E-state index in [1.165, 1.54) is 0 Å². The first-order valence-corrected chi connectivity index (χ1v) is 7.14. The second kappa shape index (κ2) is 5.70. The molecule has 0 bridgehead atoms. The zero-order valence-corrected chi connectivity index (χ0v) is 12.9. The van der Waals surface area contributed by atoms with Crippen LogP contribution in [0.2, 0.25) is 5.02 Å². The number of halogens is 2. The van der Waals surface area contributed by atoms with E-state index in [1.54, 1.807) is 7.11 Å². The molecule has 0 N–H and O–H groups in total. The minimum Gasteiger partial charge on any atom is -0.377 e. The second-order valence-electron chi connectivity index (χ2n) is 5.12. The predicted molar refractivity (Wildman–Crippen MR) is 80.3 cm³/mol. The molecule has 3 nitrogen and oxygen atoms in total. The monoisotopic (exact) mass is 300 g/mol. The Balaban J connectivity index is 2.57. The van der Waals surface area contributed by atoms with Crippen molar-refractivity contribution < 1.29 is 4.74 Å². The zero-order valence-electron chi connectivity index (χ0n) is 11.4. The third-order valence-electron chi connectivity index (χ3n) is 3.21. The van der Waals surface area contributed by atoms with Gasteiger partial charge >= 0.3 is 0 Å². The van der Waals surface area contributed by atoms with Crippen LogP contribution in [0.1, 0.15) is 19.7 Å². The predicted octanol–water partition coefficient (Wildman–Crippen LogP) is 3.90. The summed E-state index contributed by atoms with van der Waals surface area (Å²) >= 11 is 12.2. The Kier molecular flexibility index (Phi) is 4.39. The lowest BCUT2D eigenvalue weighted by Crippen LogP contribution is -2.30. The lowest BCUT2D eigenvalue weighted by atomic mass is 10.1. The van der Waals surface area contributed by atoms with E-state index >= 15 is 0 Å². The molecule has 1 aromatic heterocycles. The quantitative estimate of drug-likeness (QED) is 0.783. The molecular formula is C14H18Cl2N2O. The molecular weight excluding hydrogens is 283 g/mol. The maximum atomic E-state index is 6.31. The number of alkyl halides is 1. The van der Waals surface area contributed by atoms with Crippen LogP contribution in [0.15, 0.2) is 18.2 Å². The normalized spacial score (nSPS) is 12.3. The van der Waals surface area contributed by atoms with Crippen LogP contribution in [-0.2, 0) is 17.7 Å². The van der Waals surface area contributed by atoms with Gasteiger partial charge in [-0.3, -0.25) is 0 Å². The Labute approximate surface area is 123 Å². The highest BCUT2D eigenvalue weighted by molar-refractivity contribution is 6.35. The van der Waals surface area contributed by atoms with Crippen molar-refractivity contribution in [3.63, 3.8) is 0 Å². The lowest BCUT2D eigenvalue weighted by Gasteiger charge is -2.25. The molecule has 0 unspecified atom stereocenters. The fourth-order valence-electron chi connectivity index (χ4n) is 2.08. The second-order valence-corrected chi connectivity index (χ2v) is 5.91. The number of benzene rings is 1. The molecule has 0 saturated heterocycles. The van der Waals surface area contributed by atoms with Crippen LogP contribution in [0.4, 0.5) is 0 Å². The van der Waals surface area contributed by atoms with Crippen molar-refractivity contribution in [2.45, 2.75) is 32.4 Å². The van der Waals surface area contributed by atoms with E-state index in [9.17, 15) is 0 Å². The van der Waals surface area contributed by atoms with Gasteiger partial charge in [-0.2, -0.15) is 0 Å². The first kappa shape index (κ1) is 14.6. The van der Waals surface area contributed by atoms with E-state index in [1.807, 2.05) is 32.0 Å². The summed E-state index contributed by atoms with van der Waals surface area (Å²) in [7, 11) is 1.71. The summed E-state index contributed by atoms with van der Waals surface area (Å²) in [4.78, 5) is 4.62. The SMILES string of the molecule is COC(C)(C)Cn1c(CCCl)nc2cccc(Cl)c21. The van der Waals surface area contributed by atoms with E-state index < -0.39 is 0 Å². The van der Waals surface area contributed by atoms with E-state index in [0.717, 1.165) is 16.9 Å². The molecule has 104 valence electrons. The molecule has 0 saturated carbocycles. The summed E-state index contributed by atoms with van der Waals surface area (Å²) in [5.74, 6) is 1.48. The highest BCUT2D eigenvalue weighted by Crippen LogP contribution is 2.27. The highest BCUT2D eigenvalue weighted by atomic mass is 35.5. The maximum Gasteiger partial charge on any atom is 0.111 e. The van der Waals surface area contributed by atoms with Crippen LogP contribution in [-0.4, -0.2) is 28.1 Å². The number of hydrogen-bond donors (Lipinski definition) is 0. The average molecular weight is 301 g/mol. The summed E-state index contributed by atoms with van der Waals surface area (Å²) in [5, 5.41) is 0.706. The Morgan fingerprint density at radius 2 is 2.11 bits per heavy atom. The molecule has 19 heavy (non-hydrogen) atoms. The Bertz CT molecular complexity index is 578. The molecule has 2 rings (SSSR count). The third-order valence-corrected chi connectivity index (χ3v) is 3.70.